The van der Waals surface area contributed by atoms with Crippen LogP contribution in [-0.2, 0) is 4.79 Å². The number of amides is 1. The van der Waals surface area contributed by atoms with Crippen molar-refractivity contribution in [3.8, 4) is 11.1 Å². The van der Waals surface area contributed by atoms with Gasteiger partial charge in [-0.05, 0) is 28.8 Å². The van der Waals surface area contributed by atoms with Crippen molar-refractivity contribution < 1.29 is 14.7 Å². The third-order valence-corrected chi connectivity index (χ3v) is 6.63. The summed E-state index contributed by atoms with van der Waals surface area (Å²) in [7, 11) is 0. The van der Waals surface area contributed by atoms with Crippen molar-refractivity contribution in [3.63, 3.8) is 0 Å². The highest BCUT2D eigenvalue weighted by atomic mass is 79.9. The van der Waals surface area contributed by atoms with E-state index in [1.165, 1.54) is 11.3 Å². The first kappa shape index (κ1) is 22.0. The Morgan fingerprint density at radius 1 is 0.875 bits per heavy atom. The van der Waals surface area contributed by atoms with Gasteiger partial charge in [-0.25, -0.2) is 4.79 Å². The van der Waals surface area contributed by atoms with E-state index in [0.717, 1.165) is 21.2 Å². The first-order chi connectivity index (χ1) is 15.5. The maximum absolute atomic E-state index is 13.0. The predicted octanol–water partition coefficient (Wildman–Crippen LogP) is 7.04. The summed E-state index contributed by atoms with van der Waals surface area (Å²) in [5.74, 6) is -1.42. The number of benzene rings is 3. The topological polar surface area (TPSA) is 66.4 Å². The Bertz CT molecular complexity index is 1180. The molecule has 4 nitrogen and oxygen atoms in total. The van der Waals surface area contributed by atoms with Gasteiger partial charge >= 0.3 is 5.97 Å². The number of carboxylic acid groups (broad SMARTS) is 1. The van der Waals surface area contributed by atoms with Gasteiger partial charge in [-0.2, -0.15) is 0 Å². The van der Waals surface area contributed by atoms with Crippen molar-refractivity contribution in [1.82, 2.24) is 0 Å². The van der Waals surface area contributed by atoms with Gasteiger partial charge in [-0.15, -0.1) is 11.3 Å². The highest BCUT2D eigenvalue weighted by molar-refractivity contribution is 9.10. The van der Waals surface area contributed by atoms with Crippen LogP contribution in [0.4, 0.5) is 5.00 Å². The minimum Gasteiger partial charge on any atom is -0.478 e. The van der Waals surface area contributed by atoms with Crippen molar-refractivity contribution in [3.05, 3.63) is 111 Å². The number of hydrogen-bond donors (Lipinski definition) is 2. The lowest BCUT2D eigenvalue weighted by Gasteiger charge is -2.18. The molecule has 0 bridgehead atoms. The van der Waals surface area contributed by atoms with E-state index < -0.39 is 5.97 Å². The highest BCUT2D eigenvalue weighted by Crippen LogP contribution is 2.37. The van der Waals surface area contributed by atoms with Crippen molar-refractivity contribution in [2.24, 2.45) is 0 Å². The van der Waals surface area contributed by atoms with Gasteiger partial charge < -0.3 is 10.4 Å². The molecule has 0 unspecified atom stereocenters. The number of anilines is 1. The van der Waals surface area contributed by atoms with Gasteiger partial charge in [0.2, 0.25) is 5.91 Å². The van der Waals surface area contributed by atoms with E-state index in [2.05, 4.69) is 21.2 Å². The molecule has 2 N–H and O–H groups in total. The van der Waals surface area contributed by atoms with Gasteiger partial charge in [0, 0.05) is 27.8 Å². The third-order valence-electron chi connectivity index (χ3n) is 5.21. The van der Waals surface area contributed by atoms with Gasteiger partial charge in [0.15, 0.2) is 0 Å². The largest absolute Gasteiger partial charge is 0.478 e. The number of thiophene rings is 1. The maximum Gasteiger partial charge on any atom is 0.339 e. The molecule has 0 aliphatic rings. The minimum absolute atomic E-state index is 0.113. The number of nitrogens with one attached hydrogen (secondary N) is 1. The van der Waals surface area contributed by atoms with Crippen LogP contribution in [0.15, 0.2) is 94.8 Å². The fourth-order valence-electron chi connectivity index (χ4n) is 3.67. The molecule has 0 fully saturated rings. The zero-order valence-electron chi connectivity index (χ0n) is 17.0. The van der Waals surface area contributed by atoms with Gasteiger partial charge in [0.05, 0.1) is 0 Å². The molecule has 4 aromatic rings. The predicted molar refractivity (Wildman–Crippen MR) is 132 cm³/mol. The lowest BCUT2D eigenvalue weighted by Crippen LogP contribution is -2.17. The summed E-state index contributed by atoms with van der Waals surface area (Å²) in [4.78, 5) is 25.1. The molecular formula is C26H20BrNO3S. The average molecular weight is 506 g/mol. The van der Waals surface area contributed by atoms with Crippen molar-refractivity contribution in [2.45, 2.75) is 12.3 Å². The van der Waals surface area contributed by atoms with E-state index in [-0.39, 0.29) is 23.8 Å². The minimum atomic E-state index is -1.07. The molecule has 32 heavy (non-hydrogen) atoms. The molecule has 0 saturated heterocycles. The molecule has 0 atom stereocenters. The number of rotatable bonds is 7. The number of halogens is 1. The first-order valence-electron chi connectivity index (χ1n) is 10.0. The average Bonchev–Trinajstić information content (AvgIpc) is 3.23. The lowest BCUT2D eigenvalue weighted by atomic mass is 9.88. The molecule has 0 radical (unpaired) electrons. The van der Waals surface area contributed by atoms with Crippen LogP contribution in [0.5, 0.6) is 0 Å². The molecule has 160 valence electrons. The van der Waals surface area contributed by atoms with Crippen molar-refractivity contribution in [1.29, 1.82) is 0 Å². The molecule has 0 spiro atoms. The Morgan fingerprint density at radius 2 is 1.44 bits per heavy atom. The lowest BCUT2D eigenvalue weighted by molar-refractivity contribution is -0.116. The summed E-state index contributed by atoms with van der Waals surface area (Å²) < 4.78 is 0.912. The second kappa shape index (κ2) is 9.94. The van der Waals surface area contributed by atoms with E-state index in [0.29, 0.717) is 10.6 Å². The molecule has 0 saturated carbocycles. The second-order valence-corrected chi connectivity index (χ2v) is 9.09. The summed E-state index contributed by atoms with van der Waals surface area (Å²) in [6.45, 7) is 0. The quantitative estimate of drug-likeness (QED) is 0.283. The molecule has 0 aliphatic heterocycles. The molecule has 1 amide bonds. The van der Waals surface area contributed by atoms with E-state index in [9.17, 15) is 14.7 Å². The van der Waals surface area contributed by atoms with Crippen LogP contribution < -0.4 is 5.32 Å². The Balaban J connectivity index is 1.60. The zero-order valence-corrected chi connectivity index (χ0v) is 19.4. The second-order valence-electron chi connectivity index (χ2n) is 7.29. The summed E-state index contributed by atoms with van der Waals surface area (Å²) in [6, 6.07) is 27.2. The van der Waals surface area contributed by atoms with Crippen LogP contribution >= 0.6 is 27.3 Å². The molecule has 6 heteroatoms. The van der Waals surface area contributed by atoms with E-state index in [4.69, 9.17) is 0 Å². The zero-order chi connectivity index (χ0) is 22.5. The van der Waals surface area contributed by atoms with E-state index >= 15 is 0 Å². The number of aromatic carboxylic acids is 1. The summed E-state index contributed by atoms with van der Waals surface area (Å²) in [5.41, 5.74) is 3.56. The van der Waals surface area contributed by atoms with Crippen LogP contribution in [-0.4, -0.2) is 17.0 Å². The molecular weight excluding hydrogens is 486 g/mol. The number of carbonyl (C=O) groups is 2. The number of carboxylic acids is 1. The van der Waals surface area contributed by atoms with Gasteiger partial charge in [-0.1, -0.05) is 88.7 Å². The first-order valence-corrected chi connectivity index (χ1v) is 11.7. The van der Waals surface area contributed by atoms with Gasteiger partial charge in [0.1, 0.15) is 10.6 Å². The standard InChI is InChI=1S/C26H20BrNO3S/c27-20-13-11-19(12-14-20)22-16-32-25(24(22)26(30)31)28-23(29)15-21(17-7-3-1-4-8-17)18-9-5-2-6-10-18/h1-14,16,21H,15H2,(H,28,29)(H,30,31). The van der Waals surface area contributed by atoms with Gasteiger partial charge in [0.25, 0.3) is 0 Å². The smallest absolute Gasteiger partial charge is 0.339 e. The van der Waals surface area contributed by atoms with Crippen LogP contribution in [0.2, 0.25) is 0 Å². The Kier molecular flexibility index (Phi) is 6.83. The van der Waals surface area contributed by atoms with Crippen molar-refractivity contribution >= 4 is 44.1 Å². The molecule has 1 heterocycles. The fourth-order valence-corrected chi connectivity index (χ4v) is 4.91. The van der Waals surface area contributed by atoms with E-state index in [1.807, 2.05) is 84.9 Å². The van der Waals surface area contributed by atoms with E-state index in [1.54, 1.807) is 5.38 Å². The molecule has 1 aromatic heterocycles. The van der Waals surface area contributed by atoms with Crippen molar-refractivity contribution in [2.75, 3.05) is 5.32 Å². The molecule has 3 aromatic carbocycles. The van der Waals surface area contributed by atoms with Crippen LogP contribution in [0.3, 0.4) is 0 Å². The third kappa shape index (κ3) is 4.98. The summed E-state index contributed by atoms with van der Waals surface area (Å²) in [5, 5.41) is 14.8. The summed E-state index contributed by atoms with van der Waals surface area (Å²) in [6.07, 6.45) is 0.207. The normalized spacial score (nSPS) is 10.8. The SMILES string of the molecule is O=C(CC(c1ccccc1)c1ccccc1)Nc1scc(-c2ccc(Br)cc2)c1C(=O)O. The molecule has 0 aliphatic carbocycles. The molecule has 4 rings (SSSR count). The maximum atomic E-state index is 13.0. The Morgan fingerprint density at radius 3 is 1.97 bits per heavy atom. The Hall–Kier alpha value is -3.22. The fraction of sp³-hybridized carbons (Fsp3) is 0.0769. The van der Waals surface area contributed by atoms with Gasteiger partial charge in [-0.3, -0.25) is 4.79 Å². The Labute approximate surface area is 198 Å². The summed E-state index contributed by atoms with van der Waals surface area (Å²) >= 11 is 4.62. The number of carbonyl (C=O) groups excluding carboxylic acids is 1. The van der Waals surface area contributed by atoms with Crippen LogP contribution in [0.25, 0.3) is 11.1 Å². The van der Waals surface area contributed by atoms with Crippen LogP contribution in [0.1, 0.15) is 33.8 Å². The van der Waals surface area contributed by atoms with Crippen LogP contribution in [0, 0.1) is 0 Å². The highest BCUT2D eigenvalue weighted by Gasteiger charge is 2.23. The number of hydrogen-bond acceptors (Lipinski definition) is 3. The monoisotopic (exact) mass is 505 g/mol.